The maximum atomic E-state index is 13.1. The summed E-state index contributed by atoms with van der Waals surface area (Å²) in [6, 6.07) is 13.9. The van der Waals surface area contributed by atoms with Crippen LogP contribution in [-0.4, -0.2) is 31.0 Å². The molecular weight excluding hydrogens is 422 g/mol. The Hall–Kier alpha value is -3.71. The summed E-state index contributed by atoms with van der Waals surface area (Å²) in [4.78, 5) is 27.4. The Morgan fingerprint density at radius 2 is 1.74 bits per heavy atom. The minimum absolute atomic E-state index is 0.136. The Kier molecular flexibility index (Phi) is 5.44. The molecule has 3 aromatic rings. The molecular formula is C23H18ClNO6. The summed E-state index contributed by atoms with van der Waals surface area (Å²) in [5.41, 5.74) is 0.504. The molecule has 1 unspecified atom stereocenters. The fourth-order valence-corrected chi connectivity index (χ4v) is 3.83. The largest absolute Gasteiger partial charge is 0.507 e. The van der Waals surface area contributed by atoms with E-state index in [2.05, 4.69) is 0 Å². The van der Waals surface area contributed by atoms with Crippen molar-refractivity contribution in [3.63, 3.8) is 0 Å². The van der Waals surface area contributed by atoms with Crippen LogP contribution < -0.4 is 14.4 Å². The van der Waals surface area contributed by atoms with E-state index in [1.165, 1.54) is 37.5 Å². The first-order chi connectivity index (χ1) is 15.0. The number of para-hydroxylation sites is 1. The van der Waals surface area contributed by atoms with Crippen molar-refractivity contribution in [1.29, 1.82) is 0 Å². The van der Waals surface area contributed by atoms with Gasteiger partial charge in [-0.15, -0.1) is 0 Å². The maximum Gasteiger partial charge on any atom is 0.300 e. The molecule has 31 heavy (non-hydrogen) atoms. The van der Waals surface area contributed by atoms with Crippen molar-refractivity contribution in [3.8, 4) is 11.5 Å². The number of benzene rings is 2. The minimum Gasteiger partial charge on any atom is -0.507 e. The van der Waals surface area contributed by atoms with Gasteiger partial charge in [0.15, 0.2) is 0 Å². The average Bonchev–Trinajstić information content (AvgIpc) is 3.40. The van der Waals surface area contributed by atoms with E-state index in [0.29, 0.717) is 17.2 Å². The quantitative estimate of drug-likeness (QED) is 0.355. The summed E-state index contributed by atoms with van der Waals surface area (Å²) in [6.07, 6.45) is 1.44. The molecule has 2 aromatic carbocycles. The normalized spacial score (nSPS) is 17.8. The molecule has 0 spiro atoms. The number of carbonyl (C=O) groups is 2. The van der Waals surface area contributed by atoms with E-state index in [0.717, 1.165) is 0 Å². The number of methoxy groups -OCH3 is 2. The standard InChI is InChI=1S/C23H18ClNO6/c1-29-17-12-18(30-2)15(24)11-14(17)21(26)19-20(16-9-6-10-31-16)25(23(28)22(19)27)13-7-4-3-5-8-13/h3-12,20,26H,1-2H3/b21-19-. The zero-order valence-corrected chi connectivity index (χ0v) is 17.4. The second kappa shape index (κ2) is 8.20. The predicted molar refractivity (Wildman–Crippen MR) is 114 cm³/mol. The molecule has 158 valence electrons. The minimum atomic E-state index is -0.969. The summed E-state index contributed by atoms with van der Waals surface area (Å²) in [6.45, 7) is 0. The Morgan fingerprint density at radius 3 is 2.35 bits per heavy atom. The van der Waals surface area contributed by atoms with Crippen LogP contribution >= 0.6 is 11.6 Å². The highest BCUT2D eigenvalue weighted by Gasteiger charge is 2.48. The number of nitrogens with zero attached hydrogens (tertiary/aromatic N) is 1. The van der Waals surface area contributed by atoms with Crippen molar-refractivity contribution in [2.45, 2.75) is 6.04 Å². The Labute approximate surface area is 183 Å². The molecule has 1 atom stereocenters. The molecule has 0 aliphatic carbocycles. The molecule has 0 radical (unpaired) electrons. The van der Waals surface area contributed by atoms with E-state index < -0.39 is 23.5 Å². The van der Waals surface area contributed by atoms with Gasteiger partial charge in [-0.25, -0.2) is 0 Å². The van der Waals surface area contributed by atoms with E-state index >= 15 is 0 Å². The lowest BCUT2D eigenvalue weighted by Gasteiger charge is -2.23. The van der Waals surface area contributed by atoms with E-state index in [1.807, 2.05) is 0 Å². The maximum absolute atomic E-state index is 13.1. The van der Waals surface area contributed by atoms with Crippen LogP contribution in [-0.2, 0) is 9.59 Å². The summed E-state index contributed by atoms with van der Waals surface area (Å²) in [5, 5.41) is 11.4. The van der Waals surface area contributed by atoms with E-state index in [1.54, 1.807) is 42.5 Å². The summed E-state index contributed by atoms with van der Waals surface area (Å²) in [5.74, 6) is -1.18. The fourth-order valence-electron chi connectivity index (χ4n) is 3.59. The number of amides is 1. The van der Waals surface area contributed by atoms with Crippen LogP contribution in [0.25, 0.3) is 5.76 Å². The fraction of sp³-hybridized carbons (Fsp3) is 0.130. The van der Waals surface area contributed by atoms with Crippen molar-refractivity contribution >= 4 is 34.7 Å². The highest BCUT2D eigenvalue weighted by Crippen LogP contribution is 2.44. The van der Waals surface area contributed by atoms with Gasteiger partial charge in [-0.05, 0) is 30.3 Å². The average molecular weight is 440 g/mol. The molecule has 2 heterocycles. The van der Waals surface area contributed by atoms with Crippen LogP contribution in [0, 0.1) is 0 Å². The second-order valence-electron chi connectivity index (χ2n) is 6.71. The number of carbonyl (C=O) groups excluding carboxylic acids is 2. The van der Waals surface area contributed by atoms with Crippen molar-refractivity contribution in [2.24, 2.45) is 0 Å². The molecule has 1 fully saturated rings. The topological polar surface area (TPSA) is 89.2 Å². The lowest BCUT2D eigenvalue weighted by Crippen LogP contribution is -2.29. The summed E-state index contributed by atoms with van der Waals surface area (Å²) >= 11 is 6.24. The number of halogens is 1. The molecule has 1 N–H and O–H groups in total. The number of hydrogen-bond acceptors (Lipinski definition) is 6. The zero-order valence-electron chi connectivity index (χ0n) is 16.7. The first-order valence-electron chi connectivity index (χ1n) is 9.29. The summed E-state index contributed by atoms with van der Waals surface area (Å²) in [7, 11) is 2.86. The van der Waals surface area contributed by atoms with Gasteiger partial charge in [-0.2, -0.15) is 0 Å². The Bertz CT molecular complexity index is 1170. The van der Waals surface area contributed by atoms with Gasteiger partial charge in [0.2, 0.25) is 0 Å². The zero-order chi connectivity index (χ0) is 22.1. The third kappa shape index (κ3) is 3.43. The van der Waals surface area contributed by atoms with Gasteiger partial charge in [0.05, 0.1) is 36.6 Å². The number of hydrogen-bond donors (Lipinski definition) is 1. The van der Waals surface area contributed by atoms with Gasteiger partial charge < -0.3 is 19.0 Å². The number of furan rings is 1. The number of ether oxygens (including phenoxy) is 2. The summed E-state index contributed by atoms with van der Waals surface area (Å²) < 4.78 is 16.1. The first-order valence-corrected chi connectivity index (χ1v) is 9.67. The molecule has 8 heteroatoms. The van der Waals surface area contributed by atoms with Gasteiger partial charge in [0.25, 0.3) is 11.7 Å². The molecule has 1 aliphatic rings. The number of anilines is 1. The van der Waals surface area contributed by atoms with E-state index in [9.17, 15) is 14.7 Å². The van der Waals surface area contributed by atoms with Crippen LogP contribution in [0.15, 0.2) is 70.9 Å². The Balaban J connectivity index is 1.96. The molecule has 1 saturated heterocycles. The monoisotopic (exact) mass is 439 g/mol. The second-order valence-corrected chi connectivity index (χ2v) is 7.11. The van der Waals surface area contributed by atoms with Gasteiger partial charge in [0.1, 0.15) is 29.1 Å². The van der Waals surface area contributed by atoms with Crippen LogP contribution in [0.5, 0.6) is 11.5 Å². The lowest BCUT2D eigenvalue weighted by molar-refractivity contribution is -0.132. The molecule has 0 saturated carbocycles. The van der Waals surface area contributed by atoms with Gasteiger partial charge in [0, 0.05) is 11.8 Å². The van der Waals surface area contributed by atoms with E-state index in [-0.39, 0.29) is 21.9 Å². The molecule has 7 nitrogen and oxygen atoms in total. The number of rotatable bonds is 5. The molecule has 0 bridgehead atoms. The number of aliphatic hydroxyl groups excluding tert-OH is 1. The predicted octanol–water partition coefficient (Wildman–Crippen LogP) is 4.58. The molecule has 1 amide bonds. The van der Waals surface area contributed by atoms with Crippen molar-refractivity contribution in [2.75, 3.05) is 19.1 Å². The lowest BCUT2D eigenvalue weighted by atomic mass is 9.98. The number of Topliss-reactive ketones (excluding diaryl/α,β-unsaturated/α-hetero) is 1. The van der Waals surface area contributed by atoms with Crippen LogP contribution in [0.2, 0.25) is 5.02 Å². The van der Waals surface area contributed by atoms with Crippen molar-refractivity contribution in [3.05, 3.63) is 82.8 Å². The third-order valence-corrected chi connectivity index (χ3v) is 5.32. The highest BCUT2D eigenvalue weighted by atomic mass is 35.5. The Morgan fingerprint density at radius 1 is 1.03 bits per heavy atom. The van der Waals surface area contributed by atoms with E-state index in [4.69, 9.17) is 25.5 Å². The first kappa shape index (κ1) is 20.6. The van der Waals surface area contributed by atoms with Gasteiger partial charge >= 0.3 is 0 Å². The highest BCUT2D eigenvalue weighted by molar-refractivity contribution is 6.51. The number of ketones is 1. The third-order valence-electron chi connectivity index (χ3n) is 5.02. The number of aliphatic hydroxyl groups is 1. The van der Waals surface area contributed by atoms with Gasteiger partial charge in [-0.1, -0.05) is 29.8 Å². The molecule has 1 aliphatic heterocycles. The SMILES string of the molecule is COc1cc(OC)c(/C(O)=C2/C(=O)C(=O)N(c3ccccc3)C2c2ccco2)cc1Cl. The van der Waals surface area contributed by atoms with Crippen LogP contribution in [0.4, 0.5) is 5.69 Å². The van der Waals surface area contributed by atoms with Crippen molar-refractivity contribution in [1.82, 2.24) is 0 Å². The molecule has 1 aromatic heterocycles. The van der Waals surface area contributed by atoms with Crippen LogP contribution in [0.3, 0.4) is 0 Å². The smallest absolute Gasteiger partial charge is 0.300 e. The van der Waals surface area contributed by atoms with Crippen LogP contribution in [0.1, 0.15) is 17.4 Å². The molecule has 4 rings (SSSR count). The van der Waals surface area contributed by atoms with Crippen molar-refractivity contribution < 1.29 is 28.6 Å². The van der Waals surface area contributed by atoms with Gasteiger partial charge in [-0.3, -0.25) is 14.5 Å².